The zero-order valence-electron chi connectivity index (χ0n) is 8.79. The SMILES string of the molecule is COC(=O)/C=C/NC(=O)OC(C)(C)C. The Bertz CT molecular complexity index is 240. The summed E-state index contributed by atoms with van der Waals surface area (Å²) in [5.74, 6) is -0.541. The van der Waals surface area contributed by atoms with Crippen molar-refractivity contribution in [1.29, 1.82) is 0 Å². The van der Waals surface area contributed by atoms with Crippen LogP contribution in [0.25, 0.3) is 0 Å². The second-order valence-corrected chi connectivity index (χ2v) is 3.50. The number of methoxy groups -OCH3 is 1. The monoisotopic (exact) mass is 201 g/mol. The minimum absolute atomic E-state index is 0.541. The van der Waals surface area contributed by atoms with E-state index < -0.39 is 17.7 Å². The Morgan fingerprint density at radius 1 is 1.29 bits per heavy atom. The molecule has 0 fully saturated rings. The van der Waals surface area contributed by atoms with Crippen molar-refractivity contribution < 1.29 is 19.1 Å². The van der Waals surface area contributed by atoms with E-state index in [9.17, 15) is 9.59 Å². The van der Waals surface area contributed by atoms with Crippen LogP contribution in [-0.2, 0) is 14.3 Å². The predicted molar refractivity (Wildman–Crippen MR) is 50.5 cm³/mol. The molecule has 0 rings (SSSR count). The minimum Gasteiger partial charge on any atom is -0.466 e. The number of alkyl carbamates (subject to hydrolysis) is 1. The Morgan fingerprint density at radius 2 is 1.86 bits per heavy atom. The molecule has 0 unspecified atom stereocenters. The molecule has 0 heterocycles. The molecule has 0 spiro atoms. The van der Waals surface area contributed by atoms with Gasteiger partial charge >= 0.3 is 12.1 Å². The van der Waals surface area contributed by atoms with Crippen LogP contribution in [0, 0.1) is 0 Å². The topological polar surface area (TPSA) is 64.6 Å². The van der Waals surface area contributed by atoms with Gasteiger partial charge in [-0.3, -0.25) is 5.32 Å². The van der Waals surface area contributed by atoms with Crippen molar-refractivity contribution in [3.8, 4) is 0 Å². The van der Waals surface area contributed by atoms with Crippen LogP contribution in [0.3, 0.4) is 0 Å². The lowest BCUT2D eigenvalue weighted by molar-refractivity contribution is -0.134. The first-order chi connectivity index (χ1) is 6.35. The van der Waals surface area contributed by atoms with E-state index in [0.717, 1.165) is 6.08 Å². The van der Waals surface area contributed by atoms with Crippen molar-refractivity contribution >= 4 is 12.1 Å². The highest BCUT2D eigenvalue weighted by atomic mass is 16.6. The van der Waals surface area contributed by atoms with Crippen molar-refractivity contribution in [1.82, 2.24) is 5.32 Å². The average molecular weight is 201 g/mol. The molecule has 14 heavy (non-hydrogen) atoms. The molecule has 5 heteroatoms. The van der Waals surface area contributed by atoms with Crippen molar-refractivity contribution in [2.75, 3.05) is 7.11 Å². The lowest BCUT2D eigenvalue weighted by Crippen LogP contribution is -2.29. The summed E-state index contributed by atoms with van der Waals surface area (Å²) in [7, 11) is 1.25. The van der Waals surface area contributed by atoms with Crippen LogP contribution in [0.1, 0.15) is 20.8 Å². The maximum atomic E-state index is 11.0. The van der Waals surface area contributed by atoms with Gasteiger partial charge in [0.25, 0.3) is 0 Å². The molecular weight excluding hydrogens is 186 g/mol. The van der Waals surface area contributed by atoms with Crippen LogP contribution < -0.4 is 5.32 Å². The number of hydrogen-bond acceptors (Lipinski definition) is 4. The van der Waals surface area contributed by atoms with Crippen LogP contribution in [0.2, 0.25) is 0 Å². The van der Waals surface area contributed by atoms with Gasteiger partial charge in [0, 0.05) is 12.3 Å². The van der Waals surface area contributed by atoms with Gasteiger partial charge in [0.2, 0.25) is 0 Å². The number of esters is 1. The molecule has 80 valence electrons. The van der Waals surface area contributed by atoms with E-state index in [2.05, 4.69) is 10.1 Å². The number of amides is 1. The molecule has 0 saturated carbocycles. The Hall–Kier alpha value is -1.52. The Morgan fingerprint density at radius 3 is 2.29 bits per heavy atom. The molecule has 0 atom stereocenters. The van der Waals surface area contributed by atoms with E-state index >= 15 is 0 Å². The van der Waals surface area contributed by atoms with E-state index in [0.29, 0.717) is 0 Å². The first kappa shape index (κ1) is 12.5. The fraction of sp³-hybridized carbons (Fsp3) is 0.556. The van der Waals surface area contributed by atoms with Crippen molar-refractivity contribution in [2.45, 2.75) is 26.4 Å². The molecule has 0 aromatic heterocycles. The maximum absolute atomic E-state index is 11.0. The quantitative estimate of drug-likeness (QED) is 0.538. The largest absolute Gasteiger partial charge is 0.466 e. The predicted octanol–water partition coefficient (Wildman–Crippen LogP) is 1.20. The first-order valence-electron chi connectivity index (χ1n) is 4.09. The van der Waals surface area contributed by atoms with E-state index in [4.69, 9.17) is 4.74 Å². The van der Waals surface area contributed by atoms with Gasteiger partial charge in [-0.2, -0.15) is 0 Å². The average Bonchev–Trinajstić information content (AvgIpc) is 2.00. The highest BCUT2D eigenvalue weighted by molar-refractivity contribution is 5.82. The fourth-order valence-corrected chi connectivity index (χ4v) is 0.553. The molecule has 1 N–H and O–H groups in total. The van der Waals surface area contributed by atoms with Gasteiger partial charge < -0.3 is 9.47 Å². The standard InChI is InChI=1S/C9H15NO4/c1-9(2,3)14-8(12)10-6-5-7(11)13-4/h5-6H,1-4H3,(H,10,12)/b6-5+. The summed E-state index contributed by atoms with van der Waals surface area (Å²) in [4.78, 5) is 21.6. The van der Waals surface area contributed by atoms with Crippen molar-refractivity contribution in [3.05, 3.63) is 12.3 Å². The van der Waals surface area contributed by atoms with E-state index in [-0.39, 0.29) is 0 Å². The third-order valence-corrected chi connectivity index (χ3v) is 1.02. The highest BCUT2D eigenvalue weighted by Crippen LogP contribution is 2.06. The summed E-state index contributed by atoms with van der Waals surface area (Å²) in [5.41, 5.74) is -0.552. The third-order valence-electron chi connectivity index (χ3n) is 1.02. The summed E-state index contributed by atoms with van der Waals surface area (Å²) in [6.45, 7) is 5.24. The third kappa shape index (κ3) is 7.15. The number of rotatable bonds is 2. The maximum Gasteiger partial charge on any atom is 0.411 e. The molecule has 0 aliphatic carbocycles. The summed E-state index contributed by atoms with van der Waals surface area (Å²) in [5, 5.41) is 2.26. The van der Waals surface area contributed by atoms with Crippen LogP contribution in [0.5, 0.6) is 0 Å². The van der Waals surface area contributed by atoms with Gasteiger partial charge in [0.1, 0.15) is 5.60 Å². The lowest BCUT2D eigenvalue weighted by Gasteiger charge is -2.18. The van der Waals surface area contributed by atoms with Gasteiger partial charge in [-0.25, -0.2) is 9.59 Å². The normalized spacial score (nSPS) is 11.1. The highest BCUT2D eigenvalue weighted by Gasteiger charge is 2.14. The Balaban J connectivity index is 3.86. The van der Waals surface area contributed by atoms with Gasteiger partial charge in [-0.1, -0.05) is 0 Å². The summed E-state index contributed by atoms with van der Waals surface area (Å²) < 4.78 is 9.21. The van der Waals surface area contributed by atoms with E-state index in [1.807, 2.05) is 0 Å². The second-order valence-electron chi connectivity index (χ2n) is 3.50. The zero-order valence-corrected chi connectivity index (χ0v) is 8.79. The molecule has 0 bridgehead atoms. The molecule has 0 aromatic rings. The summed E-state index contributed by atoms with van der Waals surface area (Å²) in [6, 6.07) is 0. The number of hydrogen-bond donors (Lipinski definition) is 1. The number of nitrogens with one attached hydrogen (secondary N) is 1. The summed E-state index contributed by atoms with van der Waals surface area (Å²) >= 11 is 0. The fourth-order valence-electron chi connectivity index (χ4n) is 0.553. The van der Waals surface area contributed by atoms with Crippen LogP contribution in [-0.4, -0.2) is 24.8 Å². The molecule has 5 nitrogen and oxygen atoms in total. The molecule has 0 aliphatic rings. The minimum atomic E-state index is -0.613. The molecule has 0 saturated heterocycles. The zero-order chi connectivity index (χ0) is 11.2. The van der Waals surface area contributed by atoms with Gasteiger partial charge in [-0.15, -0.1) is 0 Å². The van der Waals surface area contributed by atoms with Crippen LogP contribution in [0.4, 0.5) is 4.79 Å². The molecule has 0 aliphatic heterocycles. The van der Waals surface area contributed by atoms with Gasteiger partial charge in [-0.05, 0) is 20.8 Å². The van der Waals surface area contributed by atoms with Crippen molar-refractivity contribution in [2.24, 2.45) is 0 Å². The van der Waals surface area contributed by atoms with E-state index in [1.54, 1.807) is 20.8 Å². The molecule has 0 aromatic carbocycles. The first-order valence-corrected chi connectivity index (χ1v) is 4.09. The molecule has 1 amide bonds. The van der Waals surface area contributed by atoms with E-state index in [1.165, 1.54) is 13.3 Å². The van der Waals surface area contributed by atoms with Gasteiger partial charge in [0.05, 0.1) is 7.11 Å². The number of carbonyl (C=O) groups excluding carboxylic acids is 2. The summed E-state index contributed by atoms with van der Waals surface area (Å²) in [6.07, 6.45) is 1.64. The molecule has 0 radical (unpaired) electrons. The van der Waals surface area contributed by atoms with Crippen LogP contribution in [0.15, 0.2) is 12.3 Å². The smallest absolute Gasteiger partial charge is 0.411 e. The lowest BCUT2D eigenvalue weighted by atomic mass is 10.2. The Labute approximate surface area is 83.1 Å². The molecular formula is C9H15NO4. The van der Waals surface area contributed by atoms with Crippen molar-refractivity contribution in [3.63, 3.8) is 0 Å². The van der Waals surface area contributed by atoms with Crippen LogP contribution >= 0.6 is 0 Å². The number of ether oxygens (including phenoxy) is 2. The second kappa shape index (κ2) is 5.26. The van der Waals surface area contributed by atoms with Gasteiger partial charge in [0.15, 0.2) is 0 Å². The number of carbonyl (C=O) groups is 2. The Kier molecular flexibility index (Phi) is 4.69.